The molecule has 3 heteroatoms. The van der Waals surface area contributed by atoms with Gasteiger partial charge in [-0.25, -0.2) is 4.39 Å². The molecule has 0 radical (unpaired) electrons. The molecule has 0 aromatic heterocycles. The van der Waals surface area contributed by atoms with Gasteiger partial charge in [0.15, 0.2) is 0 Å². The standard InChI is InChI=1S/C12H18FNO/c1-2-9-15-11-5-3-10(4-6-11)12(13)7-8-14/h3-6,12H,2,7-9,14H2,1H3. The Hall–Kier alpha value is -1.09. The van der Waals surface area contributed by atoms with E-state index in [1.807, 2.05) is 6.92 Å². The summed E-state index contributed by atoms with van der Waals surface area (Å²) in [5.74, 6) is 0.792. The number of hydrogen-bond donors (Lipinski definition) is 1. The van der Waals surface area contributed by atoms with Gasteiger partial charge in [-0.2, -0.15) is 0 Å². The van der Waals surface area contributed by atoms with Crippen LogP contribution in [0.2, 0.25) is 0 Å². The van der Waals surface area contributed by atoms with Gasteiger partial charge in [-0.15, -0.1) is 0 Å². The second kappa shape index (κ2) is 6.40. The highest BCUT2D eigenvalue weighted by Crippen LogP contribution is 2.22. The highest BCUT2D eigenvalue weighted by Gasteiger charge is 2.07. The Bertz CT molecular complexity index is 273. The summed E-state index contributed by atoms with van der Waals surface area (Å²) in [4.78, 5) is 0. The topological polar surface area (TPSA) is 35.2 Å². The molecule has 0 spiro atoms. The molecule has 0 amide bonds. The minimum absolute atomic E-state index is 0.370. The van der Waals surface area contributed by atoms with Crippen molar-refractivity contribution in [2.24, 2.45) is 5.73 Å². The maximum Gasteiger partial charge on any atom is 0.126 e. The van der Waals surface area contributed by atoms with Crippen molar-refractivity contribution in [3.8, 4) is 5.75 Å². The smallest absolute Gasteiger partial charge is 0.126 e. The van der Waals surface area contributed by atoms with Crippen LogP contribution >= 0.6 is 0 Å². The molecule has 0 saturated heterocycles. The van der Waals surface area contributed by atoms with Gasteiger partial charge >= 0.3 is 0 Å². The highest BCUT2D eigenvalue weighted by atomic mass is 19.1. The molecular weight excluding hydrogens is 193 g/mol. The summed E-state index contributed by atoms with van der Waals surface area (Å²) in [6, 6.07) is 7.11. The van der Waals surface area contributed by atoms with Crippen LogP contribution in [0.5, 0.6) is 5.75 Å². The fourth-order valence-electron chi connectivity index (χ4n) is 1.31. The molecule has 1 aromatic rings. The van der Waals surface area contributed by atoms with Crippen LogP contribution in [0.1, 0.15) is 31.5 Å². The normalized spacial score (nSPS) is 12.5. The molecule has 0 aliphatic rings. The quantitative estimate of drug-likeness (QED) is 0.785. The van der Waals surface area contributed by atoms with Gasteiger partial charge < -0.3 is 10.5 Å². The second-order valence-corrected chi connectivity index (χ2v) is 3.46. The molecule has 15 heavy (non-hydrogen) atoms. The summed E-state index contributed by atoms with van der Waals surface area (Å²) in [6.07, 6.45) is 0.380. The van der Waals surface area contributed by atoms with Crippen LogP contribution in [-0.4, -0.2) is 13.2 Å². The van der Waals surface area contributed by atoms with Gasteiger partial charge in [0.2, 0.25) is 0 Å². The minimum Gasteiger partial charge on any atom is -0.494 e. The first-order valence-electron chi connectivity index (χ1n) is 5.34. The van der Waals surface area contributed by atoms with E-state index in [0.717, 1.165) is 12.2 Å². The van der Waals surface area contributed by atoms with Crippen LogP contribution in [0.4, 0.5) is 4.39 Å². The molecule has 0 bridgehead atoms. The molecule has 0 saturated carbocycles. The van der Waals surface area contributed by atoms with Crippen molar-refractivity contribution in [1.29, 1.82) is 0 Å². The molecule has 1 unspecified atom stereocenters. The first-order valence-corrected chi connectivity index (χ1v) is 5.34. The van der Waals surface area contributed by atoms with E-state index in [9.17, 15) is 4.39 Å². The van der Waals surface area contributed by atoms with E-state index >= 15 is 0 Å². The van der Waals surface area contributed by atoms with Gasteiger partial charge in [0.25, 0.3) is 0 Å². The van der Waals surface area contributed by atoms with E-state index < -0.39 is 6.17 Å². The Kier molecular flexibility index (Phi) is 5.12. The Morgan fingerprint density at radius 2 is 2.00 bits per heavy atom. The lowest BCUT2D eigenvalue weighted by molar-refractivity contribution is 0.314. The highest BCUT2D eigenvalue weighted by molar-refractivity contribution is 5.28. The van der Waals surface area contributed by atoms with E-state index in [-0.39, 0.29) is 0 Å². The number of rotatable bonds is 6. The van der Waals surface area contributed by atoms with Crippen LogP contribution in [-0.2, 0) is 0 Å². The first-order chi connectivity index (χ1) is 7.27. The molecule has 0 aliphatic carbocycles. The maximum atomic E-state index is 13.4. The third kappa shape index (κ3) is 3.88. The zero-order valence-corrected chi connectivity index (χ0v) is 9.08. The molecule has 84 valence electrons. The molecule has 1 aromatic carbocycles. The molecule has 2 N–H and O–H groups in total. The number of hydrogen-bond acceptors (Lipinski definition) is 2. The Morgan fingerprint density at radius 3 is 2.53 bits per heavy atom. The van der Waals surface area contributed by atoms with Gasteiger partial charge in [0, 0.05) is 0 Å². The zero-order chi connectivity index (χ0) is 11.1. The van der Waals surface area contributed by atoms with Gasteiger partial charge in [0.1, 0.15) is 11.9 Å². The fourth-order valence-corrected chi connectivity index (χ4v) is 1.31. The van der Waals surface area contributed by atoms with Crippen LogP contribution in [0, 0.1) is 0 Å². The SMILES string of the molecule is CCCOc1ccc(C(F)CCN)cc1. The first kappa shape index (κ1) is 12.0. The third-order valence-electron chi connectivity index (χ3n) is 2.13. The molecule has 1 rings (SSSR count). The summed E-state index contributed by atoms with van der Waals surface area (Å²) in [5.41, 5.74) is 5.97. The zero-order valence-electron chi connectivity index (χ0n) is 9.08. The van der Waals surface area contributed by atoms with Gasteiger partial charge in [-0.1, -0.05) is 19.1 Å². The van der Waals surface area contributed by atoms with Gasteiger partial charge in [-0.3, -0.25) is 0 Å². The van der Waals surface area contributed by atoms with Crippen molar-refractivity contribution >= 4 is 0 Å². The second-order valence-electron chi connectivity index (χ2n) is 3.46. The summed E-state index contributed by atoms with van der Waals surface area (Å²) in [7, 11) is 0. The number of benzene rings is 1. The Morgan fingerprint density at radius 1 is 1.33 bits per heavy atom. The summed E-state index contributed by atoms with van der Waals surface area (Å²) < 4.78 is 18.8. The van der Waals surface area contributed by atoms with Gasteiger partial charge in [-0.05, 0) is 37.1 Å². The molecule has 2 nitrogen and oxygen atoms in total. The van der Waals surface area contributed by atoms with E-state index in [4.69, 9.17) is 10.5 Å². The van der Waals surface area contributed by atoms with Gasteiger partial charge in [0.05, 0.1) is 6.61 Å². The number of ether oxygens (including phenoxy) is 1. The van der Waals surface area contributed by atoms with Crippen molar-refractivity contribution in [2.75, 3.05) is 13.2 Å². The number of alkyl halides is 1. The van der Waals surface area contributed by atoms with Crippen molar-refractivity contribution in [1.82, 2.24) is 0 Å². The monoisotopic (exact) mass is 211 g/mol. The lowest BCUT2D eigenvalue weighted by Crippen LogP contribution is -2.03. The lowest BCUT2D eigenvalue weighted by Gasteiger charge is -2.08. The maximum absolute atomic E-state index is 13.4. The summed E-state index contributed by atoms with van der Waals surface area (Å²) in [5, 5.41) is 0. The minimum atomic E-state index is -0.963. The largest absolute Gasteiger partial charge is 0.494 e. The van der Waals surface area contributed by atoms with Crippen molar-refractivity contribution in [3.05, 3.63) is 29.8 Å². The number of halogens is 1. The van der Waals surface area contributed by atoms with E-state index in [1.165, 1.54) is 0 Å². The predicted molar refractivity (Wildman–Crippen MR) is 59.7 cm³/mol. The van der Waals surface area contributed by atoms with Crippen LogP contribution in [0.25, 0.3) is 0 Å². The predicted octanol–water partition coefficient (Wildman–Crippen LogP) is 2.83. The average Bonchev–Trinajstić information content (AvgIpc) is 2.27. The fraction of sp³-hybridized carbons (Fsp3) is 0.500. The van der Waals surface area contributed by atoms with Crippen molar-refractivity contribution < 1.29 is 9.13 Å². The molecule has 1 atom stereocenters. The number of nitrogens with two attached hydrogens (primary N) is 1. The van der Waals surface area contributed by atoms with E-state index in [1.54, 1.807) is 24.3 Å². The van der Waals surface area contributed by atoms with E-state index in [2.05, 4.69) is 0 Å². The average molecular weight is 211 g/mol. The molecule has 0 heterocycles. The lowest BCUT2D eigenvalue weighted by atomic mass is 10.1. The van der Waals surface area contributed by atoms with E-state index in [0.29, 0.717) is 25.1 Å². The molecular formula is C12H18FNO. The third-order valence-corrected chi connectivity index (χ3v) is 2.13. The summed E-state index contributed by atoms with van der Waals surface area (Å²) >= 11 is 0. The molecule has 0 fully saturated rings. The Labute approximate surface area is 90.2 Å². The van der Waals surface area contributed by atoms with Crippen LogP contribution < -0.4 is 10.5 Å². The van der Waals surface area contributed by atoms with Crippen LogP contribution in [0.3, 0.4) is 0 Å². The summed E-state index contributed by atoms with van der Waals surface area (Å²) in [6.45, 7) is 3.11. The Balaban J connectivity index is 2.55. The van der Waals surface area contributed by atoms with Crippen molar-refractivity contribution in [2.45, 2.75) is 25.9 Å². The molecule has 0 aliphatic heterocycles. The van der Waals surface area contributed by atoms with Crippen LogP contribution in [0.15, 0.2) is 24.3 Å². The van der Waals surface area contributed by atoms with Crippen molar-refractivity contribution in [3.63, 3.8) is 0 Å².